The molecule has 1 aliphatic heterocycles. The van der Waals surface area contributed by atoms with Crippen LogP contribution in [0.3, 0.4) is 0 Å². The zero-order valence-electron chi connectivity index (χ0n) is 14.6. The van der Waals surface area contributed by atoms with Gasteiger partial charge in [-0.1, -0.05) is 19.1 Å². The Morgan fingerprint density at radius 1 is 1.42 bits per heavy atom. The summed E-state index contributed by atoms with van der Waals surface area (Å²) in [6.07, 6.45) is 3.11. The quantitative estimate of drug-likeness (QED) is 0.623. The largest absolute Gasteiger partial charge is 0.364 e. The van der Waals surface area contributed by atoms with Gasteiger partial charge in [-0.05, 0) is 20.5 Å². The van der Waals surface area contributed by atoms with Crippen LogP contribution in [0.1, 0.15) is 18.9 Å². The number of rotatable bonds is 5. The monoisotopic (exact) mass is 329 g/mol. The number of hydrogen-bond donors (Lipinski definition) is 0. The molecule has 24 heavy (non-hydrogen) atoms. The summed E-state index contributed by atoms with van der Waals surface area (Å²) in [4.78, 5) is 15.2. The molecule has 0 bridgehead atoms. The molecule has 0 saturated heterocycles. The van der Waals surface area contributed by atoms with E-state index in [1.54, 1.807) is 12.1 Å². The number of fused-ring (bicyclic) bond motifs is 3. The lowest BCUT2D eigenvalue weighted by Crippen LogP contribution is -2.31. The SMILES string of the molecule is CCC(Cn1cc2c(n1)-c1cccc([N+](=O)[O-])c1N(C)C2)N(C)C. The zero-order valence-corrected chi connectivity index (χ0v) is 14.6. The first-order valence-corrected chi connectivity index (χ1v) is 8.14. The van der Waals surface area contributed by atoms with Crippen LogP contribution in [0.2, 0.25) is 0 Å². The van der Waals surface area contributed by atoms with Gasteiger partial charge in [-0.15, -0.1) is 0 Å². The molecule has 0 fully saturated rings. The van der Waals surface area contributed by atoms with Gasteiger partial charge in [0.2, 0.25) is 0 Å². The van der Waals surface area contributed by atoms with Crippen molar-refractivity contribution in [3.63, 3.8) is 0 Å². The van der Waals surface area contributed by atoms with Crippen LogP contribution in [-0.2, 0) is 13.1 Å². The van der Waals surface area contributed by atoms with Gasteiger partial charge >= 0.3 is 0 Å². The van der Waals surface area contributed by atoms with Crippen LogP contribution >= 0.6 is 0 Å². The molecule has 0 radical (unpaired) electrons. The third kappa shape index (κ3) is 2.75. The Labute approximate surface area is 141 Å². The van der Waals surface area contributed by atoms with Gasteiger partial charge in [0.05, 0.1) is 17.2 Å². The van der Waals surface area contributed by atoms with Gasteiger partial charge in [-0.3, -0.25) is 14.8 Å². The number of nitro benzene ring substituents is 1. The summed E-state index contributed by atoms with van der Waals surface area (Å²) in [6, 6.07) is 5.61. The molecule has 1 atom stereocenters. The molecule has 7 heteroatoms. The van der Waals surface area contributed by atoms with E-state index < -0.39 is 0 Å². The average molecular weight is 329 g/mol. The topological polar surface area (TPSA) is 67.4 Å². The predicted molar refractivity (Wildman–Crippen MR) is 94.2 cm³/mol. The zero-order chi connectivity index (χ0) is 17.4. The molecule has 0 amide bonds. The van der Waals surface area contributed by atoms with Crippen molar-refractivity contribution in [3.05, 3.63) is 40.1 Å². The van der Waals surface area contributed by atoms with Crippen molar-refractivity contribution in [1.29, 1.82) is 0 Å². The molecule has 0 saturated carbocycles. The summed E-state index contributed by atoms with van der Waals surface area (Å²) in [7, 11) is 6.04. The maximum Gasteiger partial charge on any atom is 0.293 e. The number of nitrogens with zero attached hydrogens (tertiary/aromatic N) is 5. The van der Waals surface area contributed by atoms with Crippen LogP contribution in [0.25, 0.3) is 11.3 Å². The Bertz CT molecular complexity index is 768. The standard InChI is InChI=1S/C17H23N5O2/c1-5-13(19(2)3)11-21-10-12-9-20(4)17-14(16(12)18-21)7-6-8-15(17)22(23)24/h6-8,10,13H,5,9,11H2,1-4H3. The number of likely N-dealkylation sites (N-methyl/N-ethyl adjacent to an activating group) is 1. The number of benzene rings is 1. The third-order valence-electron chi connectivity index (χ3n) is 4.69. The van der Waals surface area contributed by atoms with E-state index in [9.17, 15) is 10.1 Å². The summed E-state index contributed by atoms with van der Waals surface area (Å²) in [6.45, 7) is 3.61. The minimum Gasteiger partial charge on any atom is -0.364 e. The van der Waals surface area contributed by atoms with Gasteiger partial charge < -0.3 is 9.80 Å². The summed E-state index contributed by atoms with van der Waals surface area (Å²) >= 11 is 0. The van der Waals surface area contributed by atoms with Crippen molar-refractivity contribution in [3.8, 4) is 11.3 Å². The molecule has 1 aromatic heterocycles. The number of anilines is 1. The minimum atomic E-state index is -0.323. The highest BCUT2D eigenvalue weighted by Gasteiger charge is 2.29. The van der Waals surface area contributed by atoms with Crippen molar-refractivity contribution in [2.24, 2.45) is 0 Å². The van der Waals surface area contributed by atoms with Gasteiger partial charge in [-0.2, -0.15) is 5.10 Å². The van der Waals surface area contributed by atoms with Crippen LogP contribution in [0.5, 0.6) is 0 Å². The Morgan fingerprint density at radius 3 is 2.79 bits per heavy atom. The molecule has 0 aliphatic carbocycles. The molecule has 2 heterocycles. The normalized spacial score (nSPS) is 14.5. The lowest BCUT2D eigenvalue weighted by Gasteiger charge is -2.26. The lowest BCUT2D eigenvalue weighted by molar-refractivity contribution is -0.384. The number of aromatic nitrogens is 2. The molecular formula is C17H23N5O2. The van der Waals surface area contributed by atoms with Crippen molar-refractivity contribution in [2.75, 3.05) is 26.0 Å². The lowest BCUT2D eigenvalue weighted by atomic mass is 9.99. The Kier molecular flexibility index (Phi) is 4.28. The molecule has 1 aliphatic rings. The fourth-order valence-corrected chi connectivity index (χ4v) is 3.38. The fourth-order valence-electron chi connectivity index (χ4n) is 3.38. The molecule has 0 spiro atoms. The van der Waals surface area contributed by atoms with Crippen molar-refractivity contribution >= 4 is 11.4 Å². The van der Waals surface area contributed by atoms with Crippen LogP contribution < -0.4 is 4.90 Å². The van der Waals surface area contributed by atoms with E-state index in [4.69, 9.17) is 5.10 Å². The predicted octanol–water partition coefficient (Wildman–Crippen LogP) is 2.75. The summed E-state index contributed by atoms with van der Waals surface area (Å²) < 4.78 is 1.97. The maximum atomic E-state index is 11.3. The number of nitro groups is 1. The van der Waals surface area contributed by atoms with E-state index in [-0.39, 0.29) is 10.6 Å². The Balaban J connectivity index is 2.03. The number of hydrogen-bond acceptors (Lipinski definition) is 5. The highest BCUT2D eigenvalue weighted by Crippen LogP contribution is 2.42. The van der Waals surface area contributed by atoms with Gasteiger partial charge in [0.15, 0.2) is 0 Å². The molecule has 1 aromatic carbocycles. The van der Waals surface area contributed by atoms with Crippen LogP contribution in [0.15, 0.2) is 24.4 Å². The number of para-hydroxylation sites is 1. The summed E-state index contributed by atoms with van der Waals surface area (Å²) in [5.74, 6) is 0. The highest BCUT2D eigenvalue weighted by atomic mass is 16.6. The second-order valence-corrected chi connectivity index (χ2v) is 6.54. The summed E-state index contributed by atoms with van der Waals surface area (Å²) in [5, 5.41) is 16.1. The van der Waals surface area contributed by atoms with E-state index in [0.717, 1.165) is 29.8 Å². The molecule has 2 aromatic rings. The van der Waals surface area contributed by atoms with Crippen LogP contribution in [0, 0.1) is 10.1 Å². The van der Waals surface area contributed by atoms with Crippen molar-refractivity contribution < 1.29 is 4.92 Å². The van der Waals surface area contributed by atoms with Gasteiger partial charge in [0, 0.05) is 43.0 Å². The minimum absolute atomic E-state index is 0.134. The molecule has 1 unspecified atom stereocenters. The van der Waals surface area contributed by atoms with Gasteiger partial charge in [0.1, 0.15) is 5.69 Å². The molecule has 0 N–H and O–H groups in total. The van der Waals surface area contributed by atoms with E-state index in [0.29, 0.717) is 18.3 Å². The van der Waals surface area contributed by atoms with E-state index in [2.05, 4.69) is 32.1 Å². The Hall–Kier alpha value is -2.41. The van der Waals surface area contributed by atoms with E-state index in [1.807, 2.05) is 22.7 Å². The van der Waals surface area contributed by atoms with Crippen molar-refractivity contribution in [1.82, 2.24) is 14.7 Å². The van der Waals surface area contributed by atoms with Crippen LogP contribution in [0.4, 0.5) is 11.4 Å². The first-order chi connectivity index (χ1) is 11.4. The molecule has 128 valence electrons. The smallest absolute Gasteiger partial charge is 0.293 e. The first kappa shape index (κ1) is 16.4. The second-order valence-electron chi connectivity index (χ2n) is 6.54. The maximum absolute atomic E-state index is 11.3. The van der Waals surface area contributed by atoms with Crippen LogP contribution in [-0.4, -0.2) is 46.8 Å². The third-order valence-corrected chi connectivity index (χ3v) is 4.69. The van der Waals surface area contributed by atoms with E-state index in [1.165, 1.54) is 0 Å². The molecule has 3 rings (SSSR count). The van der Waals surface area contributed by atoms with Gasteiger partial charge in [0.25, 0.3) is 5.69 Å². The Morgan fingerprint density at radius 2 is 2.17 bits per heavy atom. The molecular weight excluding hydrogens is 306 g/mol. The first-order valence-electron chi connectivity index (χ1n) is 8.14. The summed E-state index contributed by atoms with van der Waals surface area (Å²) in [5.41, 5.74) is 3.60. The second kappa shape index (κ2) is 6.24. The fraction of sp³-hybridized carbons (Fsp3) is 0.471. The highest BCUT2D eigenvalue weighted by molar-refractivity contribution is 5.87. The molecule has 7 nitrogen and oxygen atoms in total. The van der Waals surface area contributed by atoms with Crippen molar-refractivity contribution in [2.45, 2.75) is 32.5 Å². The average Bonchev–Trinajstić information content (AvgIpc) is 2.94. The van der Waals surface area contributed by atoms with E-state index >= 15 is 0 Å². The van der Waals surface area contributed by atoms with Gasteiger partial charge in [-0.25, -0.2) is 0 Å².